The zero-order valence-corrected chi connectivity index (χ0v) is 13.5. The molecule has 4 nitrogen and oxygen atoms in total. The monoisotopic (exact) mass is 324 g/mol. The highest BCUT2D eigenvalue weighted by Crippen LogP contribution is 2.24. The highest BCUT2D eigenvalue weighted by Gasteiger charge is 2.09. The van der Waals surface area contributed by atoms with E-state index in [4.69, 9.17) is 0 Å². The molecule has 3 N–H and O–H groups in total. The van der Waals surface area contributed by atoms with Gasteiger partial charge in [0, 0.05) is 6.07 Å². The fourth-order valence-corrected chi connectivity index (χ4v) is 2.25. The van der Waals surface area contributed by atoms with Crippen molar-refractivity contribution in [3.05, 3.63) is 71.3 Å². The summed E-state index contributed by atoms with van der Waals surface area (Å²) in [5, 5.41) is 28.8. The van der Waals surface area contributed by atoms with E-state index in [0.29, 0.717) is 6.42 Å². The van der Waals surface area contributed by atoms with E-state index in [0.717, 1.165) is 29.2 Å². The second kappa shape index (κ2) is 7.51. The molecule has 0 saturated heterocycles. The Morgan fingerprint density at radius 1 is 1.08 bits per heavy atom. The number of allylic oxidation sites excluding steroid dienone is 2. The molecule has 0 amide bonds. The maximum Gasteiger partial charge on any atom is 0.189 e. The largest absolute Gasteiger partial charge is 0.508 e. The van der Waals surface area contributed by atoms with Crippen molar-refractivity contribution in [1.29, 1.82) is 0 Å². The average Bonchev–Trinajstić information content (AvgIpc) is 2.52. The highest BCUT2D eigenvalue weighted by molar-refractivity contribution is 6.08. The number of aryl methyl sites for hydroxylation is 1. The first-order valence-electron chi connectivity index (χ1n) is 7.57. The minimum Gasteiger partial charge on any atom is -0.508 e. The first-order chi connectivity index (χ1) is 11.4. The molecule has 24 heavy (non-hydrogen) atoms. The average molecular weight is 324 g/mol. The van der Waals surface area contributed by atoms with Crippen LogP contribution in [0.3, 0.4) is 0 Å². The van der Waals surface area contributed by atoms with E-state index in [2.05, 4.69) is 6.58 Å². The van der Waals surface area contributed by atoms with Crippen molar-refractivity contribution < 1.29 is 20.1 Å². The Morgan fingerprint density at radius 2 is 1.83 bits per heavy atom. The number of carbonyl (C=O) groups is 1. The van der Waals surface area contributed by atoms with E-state index in [1.165, 1.54) is 18.2 Å². The van der Waals surface area contributed by atoms with E-state index >= 15 is 0 Å². The molecule has 0 fully saturated rings. The maximum absolute atomic E-state index is 12.1. The van der Waals surface area contributed by atoms with Crippen LogP contribution in [0.15, 0.2) is 54.6 Å². The molecule has 0 saturated carbocycles. The second-order valence-electron chi connectivity index (χ2n) is 5.74. The number of benzene rings is 2. The van der Waals surface area contributed by atoms with Crippen LogP contribution in [0, 0.1) is 0 Å². The van der Waals surface area contributed by atoms with Crippen LogP contribution < -0.4 is 0 Å². The quantitative estimate of drug-likeness (QED) is 0.422. The molecule has 0 aliphatic rings. The van der Waals surface area contributed by atoms with Gasteiger partial charge in [-0.15, -0.1) is 6.58 Å². The molecule has 0 unspecified atom stereocenters. The fraction of sp³-hybridized carbons (Fsp3) is 0.150. The number of aromatic hydroxyl groups is 3. The number of phenolic OH excluding ortho intramolecular Hbond substituents is 3. The van der Waals surface area contributed by atoms with Crippen LogP contribution in [-0.4, -0.2) is 21.1 Å². The summed E-state index contributed by atoms with van der Waals surface area (Å²) >= 11 is 0. The van der Waals surface area contributed by atoms with Gasteiger partial charge in [-0.05, 0) is 61.2 Å². The molecule has 2 rings (SSSR count). The Bertz CT molecular complexity index is 803. The third-order valence-corrected chi connectivity index (χ3v) is 3.60. The number of hydrogen-bond donors (Lipinski definition) is 3. The number of rotatable bonds is 6. The van der Waals surface area contributed by atoms with Crippen LogP contribution in [-0.2, 0) is 6.42 Å². The van der Waals surface area contributed by atoms with Crippen molar-refractivity contribution >= 4 is 11.9 Å². The normalized spacial score (nSPS) is 10.9. The number of carbonyl (C=O) groups excluding carboxylic acids is 1. The van der Waals surface area contributed by atoms with Gasteiger partial charge in [-0.1, -0.05) is 17.7 Å². The van der Waals surface area contributed by atoms with E-state index in [1.807, 2.05) is 13.0 Å². The molecule has 0 spiro atoms. The smallest absolute Gasteiger partial charge is 0.189 e. The molecular weight excluding hydrogens is 304 g/mol. The predicted molar refractivity (Wildman–Crippen MR) is 94.4 cm³/mol. The van der Waals surface area contributed by atoms with E-state index < -0.39 is 0 Å². The van der Waals surface area contributed by atoms with Crippen molar-refractivity contribution in [3.8, 4) is 17.2 Å². The Kier molecular flexibility index (Phi) is 5.42. The lowest BCUT2D eigenvalue weighted by atomic mass is 10.0. The summed E-state index contributed by atoms with van der Waals surface area (Å²) in [6, 6.07) is 8.95. The molecule has 0 heterocycles. The topological polar surface area (TPSA) is 77.8 Å². The van der Waals surface area contributed by atoms with Crippen LogP contribution in [0.2, 0.25) is 0 Å². The Labute approximate surface area is 141 Å². The maximum atomic E-state index is 12.1. The van der Waals surface area contributed by atoms with Crippen molar-refractivity contribution in [1.82, 2.24) is 0 Å². The van der Waals surface area contributed by atoms with Crippen molar-refractivity contribution in [2.45, 2.75) is 19.8 Å². The summed E-state index contributed by atoms with van der Waals surface area (Å²) in [6.07, 6.45) is 4.43. The molecule has 0 aliphatic heterocycles. The van der Waals surface area contributed by atoms with Crippen LogP contribution in [0.1, 0.15) is 34.8 Å². The summed E-state index contributed by atoms with van der Waals surface area (Å²) in [6.45, 7) is 5.78. The summed E-state index contributed by atoms with van der Waals surface area (Å²) in [5.74, 6) is -0.522. The Balaban J connectivity index is 2.17. The lowest BCUT2D eigenvalue weighted by molar-refractivity contribution is 0.104. The molecule has 4 heteroatoms. The van der Waals surface area contributed by atoms with Crippen LogP contribution in [0.5, 0.6) is 17.2 Å². The zero-order chi connectivity index (χ0) is 17.7. The van der Waals surface area contributed by atoms with E-state index in [9.17, 15) is 20.1 Å². The molecular formula is C20H20O4. The van der Waals surface area contributed by atoms with Gasteiger partial charge < -0.3 is 15.3 Å². The molecule has 0 atom stereocenters. The van der Waals surface area contributed by atoms with Gasteiger partial charge in [0.1, 0.15) is 17.2 Å². The van der Waals surface area contributed by atoms with Gasteiger partial charge in [0.25, 0.3) is 0 Å². The second-order valence-corrected chi connectivity index (χ2v) is 5.74. The van der Waals surface area contributed by atoms with Gasteiger partial charge in [-0.2, -0.15) is 0 Å². The van der Waals surface area contributed by atoms with Crippen LogP contribution in [0.4, 0.5) is 0 Å². The first-order valence-corrected chi connectivity index (χ1v) is 7.57. The molecule has 0 aromatic heterocycles. The van der Waals surface area contributed by atoms with E-state index in [1.54, 1.807) is 18.2 Å². The van der Waals surface area contributed by atoms with E-state index in [-0.39, 0.29) is 28.6 Å². The number of hydrogen-bond acceptors (Lipinski definition) is 4. The zero-order valence-electron chi connectivity index (χ0n) is 13.5. The minimum atomic E-state index is -0.371. The third-order valence-electron chi connectivity index (χ3n) is 3.60. The summed E-state index contributed by atoms with van der Waals surface area (Å²) in [5.41, 5.74) is 2.72. The number of ketones is 1. The first kappa shape index (κ1) is 17.3. The van der Waals surface area contributed by atoms with Crippen LogP contribution in [0.25, 0.3) is 6.08 Å². The molecule has 2 aromatic carbocycles. The van der Waals surface area contributed by atoms with Gasteiger partial charge in [0.15, 0.2) is 5.78 Å². The standard InChI is InChI=1S/C20H20O4/c1-13(2)3-6-15-11-14(4-9-18(15)22)5-10-19(23)17-8-7-16(21)12-20(17)24/h4-5,7-12,21-22,24H,1,3,6H2,2H3. The summed E-state index contributed by atoms with van der Waals surface area (Å²) < 4.78 is 0. The van der Waals surface area contributed by atoms with Gasteiger partial charge in [0.2, 0.25) is 0 Å². The van der Waals surface area contributed by atoms with Gasteiger partial charge in [-0.3, -0.25) is 4.79 Å². The molecule has 0 aliphatic carbocycles. The lowest BCUT2D eigenvalue weighted by Gasteiger charge is -2.06. The van der Waals surface area contributed by atoms with Gasteiger partial charge >= 0.3 is 0 Å². The lowest BCUT2D eigenvalue weighted by Crippen LogP contribution is -1.94. The Hall–Kier alpha value is -3.01. The third kappa shape index (κ3) is 4.49. The minimum absolute atomic E-state index is 0.103. The predicted octanol–water partition coefficient (Wildman–Crippen LogP) is 4.21. The van der Waals surface area contributed by atoms with Gasteiger partial charge in [0.05, 0.1) is 5.56 Å². The summed E-state index contributed by atoms with van der Waals surface area (Å²) in [7, 11) is 0. The van der Waals surface area contributed by atoms with Crippen molar-refractivity contribution in [2.75, 3.05) is 0 Å². The fourth-order valence-electron chi connectivity index (χ4n) is 2.25. The molecule has 2 aromatic rings. The summed E-state index contributed by atoms with van der Waals surface area (Å²) in [4.78, 5) is 12.1. The SMILES string of the molecule is C=C(C)CCc1cc(C=CC(=O)c2ccc(O)cc2O)ccc1O. The molecule has 0 bridgehead atoms. The van der Waals surface area contributed by atoms with Crippen molar-refractivity contribution in [2.24, 2.45) is 0 Å². The highest BCUT2D eigenvalue weighted by atomic mass is 16.3. The molecule has 124 valence electrons. The number of phenols is 3. The Morgan fingerprint density at radius 3 is 2.50 bits per heavy atom. The van der Waals surface area contributed by atoms with Crippen molar-refractivity contribution in [3.63, 3.8) is 0 Å². The molecule has 0 radical (unpaired) electrons. The van der Waals surface area contributed by atoms with Crippen LogP contribution >= 0.6 is 0 Å². The van der Waals surface area contributed by atoms with Gasteiger partial charge in [-0.25, -0.2) is 0 Å².